The standard InChI is InChI=1S/C29H36F2N6O3.C24H28F2N6O/c1-18-17-36(28(38)40-29(3,4)5)6-7-37(18)27-19(2)26(25-23(31)12-20(30)13-24(25)34-27)33-21-14-22(16-32-15-21)35-8-10-39-11-9-35;1-15-12-27-3-4-32(15)24-16(2)23(22-20(26)9-17(25)10-21(22)30-24)29-18-11-19(14-28-13-18)31-5-7-33-8-6-31/h12-16,18H,6-11,17H2,1-5H3,(H,33,34);9-11,13-15,27H,3-8,12H2,1-2H3,(H,29,30)/t18-;15-/m00/s1. The van der Waals surface area contributed by atoms with E-state index in [-0.39, 0.29) is 34.5 Å². The topological polar surface area (TPSA) is 149 Å². The fourth-order valence-corrected chi connectivity index (χ4v) is 9.85. The lowest BCUT2D eigenvalue weighted by Crippen LogP contribution is -2.55. The highest BCUT2D eigenvalue weighted by Gasteiger charge is 2.33. The number of amides is 1. The Morgan fingerprint density at radius 1 is 0.658 bits per heavy atom. The Kier molecular flexibility index (Phi) is 15.2. The van der Waals surface area contributed by atoms with Crippen molar-refractivity contribution in [2.75, 3.05) is 122 Å². The summed E-state index contributed by atoms with van der Waals surface area (Å²) in [7, 11) is 0. The average Bonchev–Trinajstić information content (AvgIpc) is 3.36. The number of piperazine rings is 2. The number of pyridine rings is 4. The lowest BCUT2D eigenvalue weighted by atomic mass is 10.1. The van der Waals surface area contributed by atoms with Crippen molar-refractivity contribution in [2.24, 2.45) is 0 Å². The maximum absolute atomic E-state index is 15.3. The molecule has 2 atom stereocenters. The number of halogens is 4. The van der Waals surface area contributed by atoms with E-state index < -0.39 is 28.9 Å². The van der Waals surface area contributed by atoms with Gasteiger partial charge in [0.1, 0.15) is 40.5 Å². The molecule has 4 saturated heterocycles. The zero-order valence-corrected chi connectivity index (χ0v) is 42.5. The molecule has 2 aromatic carbocycles. The monoisotopic (exact) mass is 1010 g/mol. The molecule has 0 aliphatic carbocycles. The summed E-state index contributed by atoms with van der Waals surface area (Å²) in [6, 6.07) is 8.38. The third-order valence-electron chi connectivity index (χ3n) is 13.5. The molecule has 4 aromatic heterocycles. The van der Waals surface area contributed by atoms with Gasteiger partial charge in [-0.25, -0.2) is 32.3 Å². The van der Waals surface area contributed by atoms with Gasteiger partial charge in [0.15, 0.2) is 0 Å². The molecule has 0 bridgehead atoms. The number of ether oxygens (including phenoxy) is 3. The second-order valence-electron chi connectivity index (χ2n) is 20.0. The Morgan fingerprint density at radius 3 is 1.59 bits per heavy atom. The molecule has 73 heavy (non-hydrogen) atoms. The molecule has 8 heterocycles. The number of hydrogen-bond acceptors (Lipinski definition) is 15. The first-order valence-corrected chi connectivity index (χ1v) is 24.9. The van der Waals surface area contributed by atoms with Gasteiger partial charge in [0.2, 0.25) is 0 Å². The van der Waals surface area contributed by atoms with Crippen LogP contribution in [0.25, 0.3) is 21.8 Å². The van der Waals surface area contributed by atoms with Gasteiger partial charge in [-0.2, -0.15) is 0 Å². The SMILES string of the molecule is Cc1c(N2CCN(C(=O)OC(C)(C)C)C[C@@H]2C)nc2cc(F)cc(F)c2c1Nc1cncc(N2CCOCC2)c1.Cc1c(N2CCNC[C@@H]2C)nc2cc(F)cc(F)c2c1Nc1cncc(N2CCOCC2)c1. The number of benzene rings is 2. The highest BCUT2D eigenvalue weighted by Crippen LogP contribution is 2.40. The predicted octanol–water partition coefficient (Wildman–Crippen LogP) is 8.84. The Balaban J connectivity index is 0.000000183. The van der Waals surface area contributed by atoms with E-state index in [1.54, 1.807) is 23.5 Å². The third kappa shape index (κ3) is 11.6. The van der Waals surface area contributed by atoms with Gasteiger partial charge in [0.05, 0.1) is 107 Å². The summed E-state index contributed by atoms with van der Waals surface area (Å²) in [5.74, 6) is -1.33. The van der Waals surface area contributed by atoms with Crippen LogP contribution in [0, 0.1) is 37.1 Å². The van der Waals surface area contributed by atoms with E-state index >= 15 is 8.78 Å². The molecule has 0 saturated carbocycles. The lowest BCUT2D eigenvalue weighted by Gasteiger charge is -2.41. The molecule has 388 valence electrons. The molecule has 6 aromatic rings. The molecule has 0 radical (unpaired) electrons. The van der Waals surface area contributed by atoms with Crippen LogP contribution in [0.15, 0.2) is 61.2 Å². The number of rotatable bonds is 8. The molecule has 16 nitrogen and oxygen atoms in total. The molecule has 3 N–H and O–H groups in total. The van der Waals surface area contributed by atoms with E-state index in [2.05, 4.69) is 52.4 Å². The smallest absolute Gasteiger partial charge is 0.410 e. The molecule has 0 spiro atoms. The number of carbonyl (C=O) groups is 1. The van der Waals surface area contributed by atoms with Gasteiger partial charge in [0, 0.05) is 113 Å². The van der Waals surface area contributed by atoms with Crippen LogP contribution in [0.4, 0.5) is 68.1 Å². The number of nitrogens with zero attached hydrogens (tertiary/aromatic N) is 9. The quantitative estimate of drug-likeness (QED) is 0.125. The highest BCUT2D eigenvalue weighted by atomic mass is 19.1. The number of morpholine rings is 2. The van der Waals surface area contributed by atoms with Gasteiger partial charge in [-0.15, -0.1) is 0 Å². The van der Waals surface area contributed by atoms with E-state index in [0.717, 1.165) is 86.4 Å². The van der Waals surface area contributed by atoms with E-state index in [4.69, 9.17) is 24.2 Å². The van der Waals surface area contributed by atoms with E-state index in [0.29, 0.717) is 80.0 Å². The number of fused-ring (bicyclic) bond motifs is 2. The molecule has 4 aliphatic heterocycles. The van der Waals surface area contributed by atoms with Crippen LogP contribution in [-0.4, -0.2) is 140 Å². The van der Waals surface area contributed by atoms with Gasteiger partial charge in [-0.1, -0.05) is 0 Å². The number of carbonyl (C=O) groups excluding carboxylic acids is 1. The summed E-state index contributed by atoms with van der Waals surface area (Å²) in [5.41, 5.74) is 5.85. The summed E-state index contributed by atoms with van der Waals surface area (Å²) in [6.07, 6.45) is 6.64. The highest BCUT2D eigenvalue weighted by molar-refractivity contribution is 5.99. The van der Waals surface area contributed by atoms with Crippen LogP contribution < -0.4 is 35.6 Å². The Labute approximate surface area is 423 Å². The molecule has 1 amide bonds. The fraction of sp³-hybridized carbons (Fsp3) is 0.453. The second kappa shape index (κ2) is 21.8. The van der Waals surface area contributed by atoms with Gasteiger partial charge < -0.3 is 54.7 Å². The molecule has 10 rings (SSSR count). The van der Waals surface area contributed by atoms with Gasteiger partial charge in [0.25, 0.3) is 0 Å². The summed E-state index contributed by atoms with van der Waals surface area (Å²) in [5, 5.41) is 10.6. The zero-order chi connectivity index (χ0) is 51.6. The van der Waals surface area contributed by atoms with Gasteiger partial charge >= 0.3 is 6.09 Å². The number of nitrogens with one attached hydrogen (secondary N) is 3. The maximum atomic E-state index is 15.3. The lowest BCUT2D eigenvalue weighted by molar-refractivity contribution is 0.0218. The van der Waals surface area contributed by atoms with Gasteiger partial charge in [-0.3, -0.25) is 9.97 Å². The van der Waals surface area contributed by atoms with Crippen molar-refractivity contribution < 1.29 is 36.6 Å². The summed E-state index contributed by atoms with van der Waals surface area (Å²) < 4.78 is 75.2. The second-order valence-corrected chi connectivity index (χ2v) is 20.0. The van der Waals surface area contributed by atoms with Crippen LogP contribution in [0.1, 0.15) is 45.7 Å². The summed E-state index contributed by atoms with van der Waals surface area (Å²) in [4.78, 5) is 41.3. The Hall–Kier alpha value is -6.77. The summed E-state index contributed by atoms with van der Waals surface area (Å²) in [6.45, 7) is 23.0. The minimum atomic E-state index is -0.697. The van der Waals surface area contributed by atoms with Crippen LogP contribution in [0.3, 0.4) is 0 Å². The molecular weight excluding hydrogens is 945 g/mol. The van der Waals surface area contributed by atoms with Crippen molar-refractivity contribution >= 4 is 73.7 Å². The van der Waals surface area contributed by atoms with E-state index in [1.165, 1.54) is 12.1 Å². The van der Waals surface area contributed by atoms with Crippen molar-refractivity contribution in [3.8, 4) is 0 Å². The van der Waals surface area contributed by atoms with Crippen LogP contribution in [-0.2, 0) is 14.2 Å². The van der Waals surface area contributed by atoms with Crippen molar-refractivity contribution in [2.45, 2.75) is 66.2 Å². The normalized spacial score (nSPS) is 18.7. The molecule has 20 heteroatoms. The fourth-order valence-electron chi connectivity index (χ4n) is 9.85. The average molecular weight is 1010 g/mol. The minimum Gasteiger partial charge on any atom is -0.444 e. The van der Waals surface area contributed by atoms with E-state index in [1.807, 2.05) is 59.9 Å². The van der Waals surface area contributed by atoms with Crippen molar-refractivity contribution in [3.63, 3.8) is 0 Å². The first-order valence-electron chi connectivity index (χ1n) is 24.9. The predicted molar refractivity (Wildman–Crippen MR) is 278 cm³/mol. The Morgan fingerprint density at radius 2 is 1.14 bits per heavy atom. The van der Waals surface area contributed by atoms with Gasteiger partial charge in [-0.05, 0) is 60.6 Å². The zero-order valence-electron chi connectivity index (χ0n) is 42.5. The number of anilines is 8. The number of hydrogen-bond donors (Lipinski definition) is 3. The van der Waals surface area contributed by atoms with Crippen molar-refractivity contribution in [1.82, 2.24) is 30.2 Å². The first kappa shape index (κ1) is 51.1. The largest absolute Gasteiger partial charge is 0.444 e. The minimum absolute atomic E-state index is 0.109. The Bertz CT molecular complexity index is 2970. The third-order valence-corrected chi connectivity index (χ3v) is 13.5. The summed E-state index contributed by atoms with van der Waals surface area (Å²) >= 11 is 0. The van der Waals surface area contributed by atoms with Crippen LogP contribution in [0.5, 0.6) is 0 Å². The van der Waals surface area contributed by atoms with Crippen molar-refractivity contribution in [1.29, 1.82) is 0 Å². The maximum Gasteiger partial charge on any atom is 0.410 e. The number of aromatic nitrogens is 4. The van der Waals surface area contributed by atoms with Crippen LogP contribution >= 0.6 is 0 Å². The van der Waals surface area contributed by atoms with E-state index in [9.17, 15) is 13.6 Å². The molecular formula is C53H64F4N12O4. The molecule has 4 aliphatic rings. The molecule has 0 unspecified atom stereocenters. The first-order chi connectivity index (χ1) is 35.0. The van der Waals surface area contributed by atoms with Crippen LogP contribution in [0.2, 0.25) is 0 Å². The molecule has 4 fully saturated rings. The van der Waals surface area contributed by atoms with Crippen molar-refractivity contribution in [3.05, 3.63) is 95.6 Å².